The van der Waals surface area contributed by atoms with E-state index in [2.05, 4.69) is 10.8 Å². The summed E-state index contributed by atoms with van der Waals surface area (Å²) in [5.74, 6) is 0. The van der Waals surface area contributed by atoms with Crippen LogP contribution in [0.15, 0.2) is 47.4 Å². The van der Waals surface area contributed by atoms with E-state index in [1.807, 2.05) is 31.2 Å². The summed E-state index contributed by atoms with van der Waals surface area (Å²) in [7, 11) is -3.50. The topological polar surface area (TPSA) is 46.2 Å². The van der Waals surface area contributed by atoms with Gasteiger partial charge in [0.15, 0.2) is 0 Å². The average Bonchev–Trinajstić information content (AvgIpc) is 2.88. The summed E-state index contributed by atoms with van der Waals surface area (Å²) in [6.45, 7) is 1.94. The van der Waals surface area contributed by atoms with Gasteiger partial charge in [-0.25, -0.2) is 8.42 Å². The van der Waals surface area contributed by atoms with Crippen LogP contribution in [0.1, 0.15) is 23.1 Å². The highest BCUT2D eigenvalue weighted by Gasteiger charge is 2.19. The molecule has 20 heavy (non-hydrogen) atoms. The lowest BCUT2D eigenvalue weighted by atomic mass is 10.1. The predicted octanol–water partition coefficient (Wildman–Crippen LogP) is 3.28. The molecule has 0 amide bonds. The number of anilines is 1. The summed E-state index contributed by atoms with van der Waals surface area (Å²) in [4.78, 5) is 0.304. The van der Waals surface area contributed by atoms with Gasteiger partial charge in [0.25, 0.3) is 10.0 Å². The number of sulfonamides is 1. The Hall–Kier alpha value is -1.81. The van der Waals surface area contributed by atoms with E-state index < -0.39 is 10.0 Å². The Morgan fingerprint density at radius 2 is 1.75 bits per heavy atom. The molecule has 104 valence electrons. The Bertz CT molecular complexity index is 734. The molecule has 1 aliphatic rings. The van der Waals surface area contributed by atoms with Gasteiger partial charge in [-0.3, -0.25) is 4.72 Å². The standard InChI is InChI=1S/C16H17NO2S/c1-12-8-10-14(11-9-12)20(18,19)17-16-7-3-5-13-4-2-6-15(13)16/h3,5,7-11,17H,2,4,6H2,1H3. The van der Waals surface area contributed by atoms with Gasteiger partial charge >= 0.3 is 0 Å². The molecule has 1 aliphatic carbocycles. The number of hydrogen-bond donors (Lipinski definition) is 1. The summed E-state index contributed by atoms with van der Waals surface area (Å²) >= 11 is 0. The van der Waals surface area contributed by atoms with Gasteiger partial charge < -0.3 is 0 Å². The minimum atomic E-state index is -3.50. The molecule has 0 atom stereocenters. The summed E-state index contributed by atoms with van der Waals surface area (Å²) in [6.07, 6.45) is 3.08. The number of hydrogen-bond acceptors (Lipinski definition) is 2. The van der Waals surface area contributed by atoms with Crippen LogP contribution in [0.4, 0.5) is 5.69 Å². The highest BCUT2D eigenvalue weighted by atomic mass is 32.2. The van der Waals surface area contributed by atoms with Crippen LogP contribution in [0.5, 0.6) is 0 Å². The van der Waals surface area contributed by atoms with E-state index in [0.29, 0.717) is 4.90 Å². The highest BCUT2D eigenvalue weighted by molar-refractivity contribution is 7.92. The average molecular weight is 287 g/mol. The van der Waals surface area contributed by atoms with Gasteiger partial charge in [0, 0.05) is 0 Å². The van der Waals surface area contributed by atoms with E-state index in [4.69, 9.17) is 0 Å². The van der Waals surface area contributed by atoms with Crippen molar-refractivity contribution in [3.05, 3.63) is 59.2 Å². The second kappa shape index (κ2) is 4.94. The molecule has 0 fully saturated rings. The maximum absolute atomic E-state index is 12.4. The van der Waals surface area contributed by atoms with Gasteiger partial charge in [-0.1, -0.05) is 29.8 Å². The fourth-order valence-electron chi connectivity index (χ4n) is 2.64. The summed E-state index contributed by atoms with van der Waals surface area (Å²) in [5.41, 5.74) is 4.17. The van der Waals surface area contributed by atoms with E-state index in [1.165, 1.54) is 5.56 Å². The molecule has 3 rings (SSSR count). The highest BCUT2D eigenvalue weighted by Crippen LogP contribution is 2.30. The van der Waals surface area contributed by atoms with Crippen molar-refractivity contribution in [1.29, 1.82) is 0 Å². The molecule has 0 aliphatic heterocycles. The Morgan fingerprint density at radius 1 is 1.00 bits per heavy atom. The first kappa shape index (κ1) is 13.2. The molecule has 0 saturated carbocycles. The molecule has 0 unspecified atom stereocenters. The number of benzene rings is 2. The molecule has 0 radical (unpaired) electrons. The van der Waals surface area contributed by atoms with Crippen LogP contribution >= 0.6 is 0 Å². The molecule has 0 spiro atoms. The van der Waals surface area contributed by atoms with Gasteiger partial charge in [0.2, 0.25) is 0 Å². The number of rotatable bonds is 3. The fourth-order valence-corrected chi connectivity index (χ4v) is 3.73. The molecule has 0 bridgehead atoms. The van der Waals surface area contributed by atoms with E-state index >= 15 is 0 Å². The SMILES string of the molecule is Cc1ccc(S(=O)(=O)Nc2cccc3c2CCC3)cc1. The van der Waals surface area contributed by atoms with Gasteiger partial charge in [-0.15, -0.1) is 0 Å². The first-order valence-electron chi connectivity index (χ1n) is 6.76. The Labute approximate surface area is 119 Å². The molecule has 2 aromatic rings. The third-order valence-electron chi connectivity index (χ3n) is 3.72. The molecule has 2 aromatic carbocycles. The van der Waals surface area contributed by atoms with Crippen LogP contribution in [-0.4, -0.2) is 8.42 Å². The first-order valence-corrected chi connectivity index (χ1v) is 8.25. The van der Waals surface area contributed by atoms with Crippen molar-refractivity contribution < 1.29 is 8.42 Å². The zero-order valence-corrected chi connectivity index (χ0v) is 12.2. The number of fused-ring (bicyclic) bond motifs is 1. The lowest BCUT2D eigenvalue weighted by molar-refractivity contribution is 0.601. The molecular formula is C16H17NO2S. The van der Waals surface area contributed by atoms with Crippen LogP contribution in [0.25, 0.3) is 0 Å². The normalized spacial score (nSPS) is 14.1. The summed E-state index contributed by atoms with van der Waals surface area (Å²) in [6, 6.07) is 12.7. The lowest BCUT2D eigenvalue weighted by Crippen LogP contribution is -2.14. The second-order valence-corrected chi connectivity index (χ2v) is 6.90. The fraction of sp³-hybridized carbons (Fsp3) is 0.250. The van der Waals surface area contributed by atoms with Crippen molar-refractivity contribution in [3.8, 4) is 0 Å². The zero-order valence-electron chi connectivity index (χ0n) is 11.4. The largest absolute Gasteiger partial charge is 0.279 e. The quantitative estimate of drug-likeness (QED) is 0.941. The molecule has 0 saturated heterocycles. The Balaban J connectivity index is 1.95. The van der Waals surface area contributed by atoms with Gasteiger partial charge in [0.1, 0.15) is 0 Å². The molecule has 0 heterocycles. The predicted molar refractivity (Wildman–Crippen MR) is 80.5 cm³/mol. The van der Waals surface area contributed by atoms with Gasteiger partial charge in [-0.05, 0) is 55.5 Å². The second-order valence-electron chi connectivity index (χ2n) is 5.22. The Kier molecular flexibility index (Phi) is 3.26. The van der Waals surface area contributed by atoms with Crippen molar-refractivity contribution in [3.63, 3.8) is 0 Å². The molecule has 4 heteroatoms. The summed E-state index contributed by atoms with van der Waals surface area (Å²) in [5, 5.41) is 0. The first-order chi connectivity index (χ1) is 9.56. The monoisotopic (exact) mass is 287 g/mol. The van der Waals surface area contributed by atoms with Crippen LogP contribution < -0.4 is 4.72 Å². The van der Waals surface area contributed by atoms with Gasteiger partial charge in [0.05, 0.1) is 10.6 Å². The van der Waals surface area contributed by atoms with E-state index in [0.717, 1.165) is 36.1 Å². The molecule has 3 nitrogen and oxygen atoms in total. The number of nitrogens with one attached hydrogen (secondary N) is 1. The van der Waals surface area contributed by atoms with Gasteiger partial charge in [-0.2, -0.15) is 0 Å². The third kappa shape index (κ3) is 2.43. The Morgan fingerprint density at radius 3 is 2.50 bits per heavy atom. The maximum atomic E-state index is 12.4. The molecule has 1 N–H and O–H groups in total. The summed E-state index contributed by atoms with van der Waals surface area (Å²) < 4.78 is 27.5. The third-order valence-corrected chi connectivity index (χ3v) is 5.10. The van der Waals surface area contributed by atoms with Crippen molar-refractivity contribution >= 4 is 15.7 Å². The van der Waals surface area contributed by atoms with Crippen molar-refractivity contribution in [2.24, 2.45) is 0 Å². The van der Waals surface area contributed by atoms with Crippen LogP contribution in [0.2, 0.25) is 0 Å². The van der Waals surface area contributed by atoms with Crippen LogP contribution in [-0.2, 0) is 22.9 Å². The minimum Gasteiger partial charge on any atom is -0.279 e. The van der Waals surface area contributed by atoms with E-state index in [1.54, 1.807) is 12.1 Å². The molecular weight excluding hydrogens is 270 g/mol. The maximum Gasteiger partial charge on any atom is 0.261 e. The lowest BCUT2D eigenvalue weighted by Gasteiger charge is -2.12. The van der Waals surface area contributed by atoms with E-state index in [-0.39, 0.29) is 0 Å². The van der Waals surface area contributed by atoms with Crippen molar-refractivity contribution in [2.75, 3.05) is 4.72 Å². The van der Waals surface area contributed by atoms with E-state index in [9.17, 15) is 8.42 Å². The van der Waals surface area contributed by atoms with Crippen LogP contribution in [0, 0.1) is 6.92 Å². The minimum absolute atomic E-state index is 0.304. The van der Waals surface area contributed by atoms with Crippen molar-refractivity contribution in [1.82, 2.24) is 0 Å². The van der Waals surface area contributed by atoms with Crippen molar-refractivity contribution in [2.45, 2.75) is 31.1 Å². The van der Waals surface area contributed by atoms with Crippen LogP contribution in [0.3, 0.4) is 0 Å². The molecule has 0 aromatic heterocycles. The smallest absolute Gasteiger partial charge is 0.261 e. The zero-order chi connectivity index (χ0) is 14.2. The number of aryl methyl sites for hydroxylation is 2.